The SMILES string of the molecule is Cc1cc(C(=O)N2CCCC2CS(=O)(=O)c2ccccc2)ccc1[N+](=O)[O-]. The number of aryl methyl sites for hydroxylation is 1. The molecule has 27 heavy (non-hydrogen) atoms. The van der Waals surface area contributed by atoms with Gasteiger partial charge in [-0.3, -0.25) is 14.9 Å². The van der Waals surface area contributed by atoms with Crippen molar-refractivity contribution in [2.45, 2.75) is 30.7 Å². The van der Waals surface area contributed by atoms with Crippen LogP contribution in [-0.2, 0) is 9.84 Å². The van der Waals surface area contributed by atoms with Gasteiger partial charge in [0, 0.05) is 29.8 Å². The Balaban J connectivity index is 1.81. The topological polar surface area (TPSA) is 97.6 Å². The van der Waals surface area contributed by atoms with Crippen molar-refractivity contribution >= 4 is 21.4 Å². The molecule has 1 fully saturated rings. The maximum absolute atomic E-state index is 12.9. The molecular formula is C19H20N2O5S. The van der Waals surface area contributed by atoms with Gasteiger partial charge in [-0.15, -0.1) is 0 Å². The second-order valence-corrected chi connectivity index (χ2v) is 8.68. The third-order valence-corrected chi connectivity index (χ3v) is 6.61. The monoisotopic (exact) mass is 388 g/mol. The van der Waals surface area contributed by atoms with Gasteiger partial charge in [-0.1, -0.05) is 18.2 Å². The summed E-state index contributed by atoms with van der Waals surface area (Å²) in [6, 6.07) is 12.0. The number of carbonyl (C=O) groups excluding carboxylic acids is 1. The highest BCUT2D eigenvalue weighted by Gasteiger charge is 2.33. The lowest BCUT2D eigenvalue weighted by molar-refractivity contribution is -0.385. The molecule has 0 aliphatic carbocycles. The van der Waals surface area contributed by atoms with Crippen LogP contribution >= 0.6 is 0 Å². The lowest BCUT2D eigenvalue weighted by atomic mass is 10.1. The molecule has 8 heteroatoms. The zero-order chi connectivity index (χ0) is 19.6. The predicted molar refractivity (Wildman–Crippen MR) is 100 cm³/mol. The van der Waals surface area contributed by atoms with E-state index in [0.717, 1.165) is 6.42 Å². The number of nitro benzene ring substituents is 1. The van der Waals surface area contributed by atoms with Crippen LogP contribution in [0.3, 0.4) is 0 Å². The Bertz CT molecular complexity index is 973. The van der Waals surface area contributed by atoms with Crippen molar-refractivity contribution in [3.8, 4) is 0 Å². The number of hydrogen-bond acceptors (Lipinski definition) is 5. The molecule has 0 N–H and O–H groups in total. The van der Waals surface area contributed by atoms with Gasteiger partial charge in [0.05, 0.1) is 15.6 Å². The molecule has 0 bridgehead atoms. The summed E-state index contributed by atoms with van der Waals surface area (Å²) in [5, 5.41) is 10.9. The fraction of sp³-hybridized carbons (Fsp3) is 0.316. The summed E-state index contributed by atoms with van der Waals surface area (Å²) in [6.07, 6.45) is 1.34. The Morgan fingerprint density at radius 1 is 1.22 bits per heavy atom. The Kier molecular flexibility index (Phi) is 5.27. The lowest BCUT2D eigenvalue weighted by Gasteiger charge is -2.25. The van der Waals surface area contributed by atoms with E-state index >= 15 is 0 Å². The van der Waals surface area contributed by atoms with Crippen LogP contribution < -0.4 is 0 Å². The van der Waals surface area contributed by atoms with Crippen LogP contribution in [0, 0.1) is 17.0 Å². The molecule has 0 radical (unpaired) electrons. The summed E-state index contributed by atoms with van der Waals surface area (Å²) in [5.41, 5.74) is 0.691. The number of hydrogen-bond donors (Lipinski definition) is 0. The highest BCUT2D eigenvalue weighted by Crippen LogP contribution is 2.26. The molecule has 1 amide bonds. The first-order valence-electron chi connectivity index (χ1n) is 8.63. The summed E-state index contributed by atoms with van der Waals surface area (Å²) < 4.78 is 25.3. The second-order valence-electron chi connectivity index (χ2n) is 6.65. The van der Waals surface area contributed by atoms with Gasteiger partial charge < -0.3 is 4.90 Å². The van der Waals surface area contributed by atoms with Crippen molar-refractivity contribution in [2.24, 2.45) is 0 Å². The molecule has 1 atom stereocenters. The average molecular weight is 388 g/mol. The van der Waals surface area contributed by atoms with Crippen molar-refractivity contribution in [2.75, 3.05) is 12.3 Å². The molecule has 3 rings (SSSR count). The minimum absolute atomic E-state index is 0.0452. The van der Waals surface area contributed by atoms with Gasteiger partial charge in [-0.2, -0.15) is 0 Å². The van der Waals surface area contributed by atoms with Gasteiger partial charge in [0.25, 0.3) is 11.6 Å². The number of rotatable bonds is 5. The third kappa shape index (κ3) is 4.00. The minimum Gasteiger partial charge on any atom is -0.335 e. The van der Waals surface area contributed by atoms with E-state index < -0.39 is 20.8 Å². The van der Waals surface area contributed by atoms with Crippen LogP contribution in [0.1, 0.15) is 28.8 Å². The standard InChI is InChI=1S/C19H20N2O5S/c1-14-12-15(9-10-18(14)21(23)24)19(22)20-11-5-6-16(20)13-27(25,26)17-7-3-2-4-8-17/h2-4,7-10,12,16H,5-6,11,13H2,1H3. The van der Waals surface area contributed by atoms with Gasteiger partial charge in [0.15, 0.2) is 9.84 Å². The van der Waals surface area contributed by atoms with Crippen molar-refractivity contribution in [3.63, 3.8) is 0 Å². The van der Waals surface area contributed by atoms with Gasteiger partial charge in [-0.25, -0.2) is 8.42 Å². The lowest BCUT2D eigenvalue weighted by Crippen LogP contribution is -2.39. The molecular weight excluding hydrogens is 368 g/mol. The van der Waals surface area contributed by atoms with E-state index in [-0.39, 0.29) is 22.2 Å². The summed E-state index contributed by atoms with van der Waals surface area (Å²) in [7, 11) is -3.50. The van der Waals surface area contributed by atoms with E-state index in [4.69, 9.17) is 0 Å². The molecule has 1 aliphatic heterocycles. The number of sulfone groups is 1. The zero-order valence-electron chi connectivity index (χ0n) is 14.9. The van der Waals surface area contributed by atoms with Crippen LogP contribution in [0.5, 0.6) is 0 Å². The molecule has 7 nitrogen and oxygen atoms in total. The zero-order valence-corrected chi connectivity index (χ0v) is 15.7. The third-order valence-electron chi connectivity index (χ3n) is 4.79. The average Bonchev–Trinajstić information content (AvgIpc) is 3.08. The van der Waals surface area contributed by atoms with E-state index in [1.807, 2.05) is 0 Å². The summed E-state index contributed by atoms with van der Waals surface area (Å²) in [5.74, 6) is -0.423. The first kappa shape index (κ1) is 19.0. The molecule has 2 aromatic carbocycles. The largest absolute Gasteiger partial charge is 0.335 e. The van der Waals surface area contributed by atoms with Crippen LogP contribution in [0.25, 0.3) is 0 Å². The fourth-order valence-corrected chi connectivity index (χ4v) is 5.03. The molecule has 142 valence electrons. The molecule has 0 saturated carbocycles. The summed E-state index contributed by atoms with van der Waals surface area (Å²) >= 11 is 0. The predicted octanol–water partition coefficient (Wildman–Crippen LogP) is 2.98. The van der Waals surface area contributed by atoms with Crippen LogP contribution in [0.2, 0.25) is 0 Å². The summed E-state index contributed by atoms with van der Waals surface area (Å²) in [6.45, 7) is 2.06. The van der Waals surface area contributed by atoms with Gasteiger partial charge >= 0.3 is 0 Å². The van der Waals surface area contributed by atoms with E-state index in [9.17, 15) is 23.3 Å². The van der Waals surface area contributed by atoms with Crippen LogP contribution in [0.15, 0.2) is 53.4 Å². The first-order valence-corrected chi connectivity index (χ1v) is 10.3. The van der Waals surface area contributed by atoms with Crippen molar-refractivity contribution in [1.82, 2.24) is 4.90 Å². The first-order chi connectivity index (χ1) is 12.8. The molecule has 1 aliphatic rings. The normalized spacial score (nSPS) is 17.1. The Morgan fingerprint density at radius 3 is 2.56 bits per heavy atom. The van der Waals surface area contributed by atoms with E-state index in [2.05, 4.69) is 0 Å². The number of nitro groups is 1. The maximum atomic E-state index is 12.9. The quantitative estimate of drug-likeness (QED) is 0.579. The van der Waals surface area contributed by atoms with Crippen LogP contribution in [-0.4, -0.2) is 42.5 Å². The number of benzene rings is 2. The summed E-state index contributed by atoms with van der Waals surface area (Å²) in [4.78, 5) is 25.1. The molecule has 1 heterocycles. The fourth-order valence-electron chi connectivity index (χ4n) is 3.41. The smallest absolute Gasteiger partial charge is 0.272 e. The number of carbonyl (C=O) groups is 1. The van der Waals surface area contributed by atoms with Crippen LogP contribution in [0.4, 0.5) is 5.69 Å². The van der Waals surface area contributed by atoms with E-state index in [0.29, 0.717) is 24.1 Å². The van der Waals surface area contributed by atoms with Crippen molar-refractivity contribution in [3.05, 3.63) is 69.8 Å². The molecule has 2 aromatic rings. The number of nitrogens with zero attached hydrogens (tertiary/aromatic N) is 2. The molecule has 1 unspecified atom stereocenters. The van der Waals surface area contributed by atoms with E-state index in [1.165, 1.54) is 18.2 Å². The minimum atomic E-state index is -3.50. The maximum Gasteiger partial charge on any atom is 0.272 e. The highest BCUT2D eigenvalue weighted by atomic mass is 32.2. The second kappa shape index (κ2) is 7.48. The van der Waals surface area contributed by atoms with Crippen molar-refractivity contribution < 1.29 is 18.1 Å². The molecule has 0 aromatic heterocycles. The number of amides is 1. The number of likely N-dealkylation sites (tertiary alicyclic amines) is 1. The molecule has 1 saturated heterocycles. The van der Waals surface area contributed by atoms with Crippen molar-refractivity contribution in [1.29, 1.82) is 0 Å². The highest BCUT2D eigenvalue weighted by molar-refractivity contribution is 7.91. The van der Waals surface area contributed by atoms with Gasteiger partial charge in [0.2, 0.25) is 0 Å². The Labute approximate surface area is 157 Å². The Hall–Kier alpha value is -2.74. The molecule has 0 spiro atoms. The van der Waals surface area contributed by atoms with E-state index in [1.54, 1.807) is 42.2 Å². The van der Waals surface area contributed by atoms with Gasteiger partial charge in [-0.05, 0) is 44.0 Å². The Morgan fingerprint density at radius 2 is 1.93 bits per heavy atom. The van der Waals surface area contributed by atoms with Gasteiger partial charge in [0.1, 0.15) is 0 Å².